The topological polar surface area (TPSA) is 84.5 Å². The number of rotatable bonds is 5. The predicted molar refractivity (Wildman–Crippen MR) is 92.9 cm³/mol. The molecule has 2 rings (SSSR count). The first kappa shape index (κ1) is 17.7. The average Bonchev–Trinajstić information content (AvgIpc) is 2.59. The molecule has 124 valence electrons. The van der Waals surface area contributed by atoms with Crippen molar-refractivity contribution in [1.29, 1.82) is 0 Å². The van der Waals surface area contributed by atoms with E-state index in [1.807, 2.05) is 0 Å². The van der Waals surface area contributed by atoms with Gasteiger partial charge in [0, 0.05) is 10.2 Å². The largest absolute Gasteiger partial charge is 0.465 e. The third kappa shape index (κ3) is 4.66. The third-order valence-electron chi connectivity index (χ3n) is 3.10. The number of halogens is 1. The summed E-state index contributed by atoms with van der Waals surface area (Å²) in [7, 11) is 1.28. The van der Waals surface area contributed by atoms with Gasteiger partial charge in [-0.2, -0.15) is 0 Å². The minimum absolute atomic E-state index is 0.192. The molecule has 2 aromatic carbocycles. The molecule has 0 saturated carbocycles. The molecule has 0 spiro atoms. The van der Waals surface area contributed by atoms with Crippen LogP contribution in [0.25, 0.3) is 0 Å². The van der Waals surface area contributed by atoms with Crippen LogP contribution in [-0.2, 0) is 9.53 Å². The highest BCUT2D eigenvalue weighted by atomic mass is 79.9. The molecule has 2 amide bonds. The smallest absolute Gasteiger partial charge is 0.337 e. The predicted octanol–water partition coefficient (Wildman–Crippen LogP) is 2.60. The van der Waals surface area contributed by atoms with Gasteiger partial charge in [0.2, 0.25) is 5.91 Å². The van der Waals surface area contributed by atoms with Crippen molar-refractivity contribution < 1.29 is 19.1 Å². The summed E-state index contributed by atoms with van der Waals surface area (Å²) in [5.41, 5.74) is 1.21. The van der Waals surface area contributed by atoms with Gasteiger partial charge in [-0.25, -0.2) is 4.79 Å². The summed E-state index contributed by atoms with van der Waals surface area (Å²) < 4.78 is 5.27. The van der Waals surface area contributed by atoms with Gasteiger partial charge in [-0.1, -0.05) is 18.2 Å². The summed E-state index contributed by atoms with van der Waals surface area (Å²) in [6.45, 7) is -0.192. The van der Waals surface area contributed by atoms with Crippen LogP contribution in [0.2, 0.25) is 0 Å². The molecular weight excluding hydrogens is 376 g/mol. The van der Waals surface area contributed by atoms with Gasteiger partial charge in [-0.3, -0.25) is 9.59 Å². The molecule has 0 saturated heterocycles. The van der Waals surface area contributed by atoms with Crippen LogP contribution in [0.4, 0.5) is 5.69 Å². The van der Waals surface area contributed by atoms with Crippen LogP contribution >= 0.6 is 15.9 Å². The van der Waals surface area contributed by atoms with Crippen molar-refractivity contribution in [2.24, 2.45) is 0 Å². The van der Waals surface area contributed by atoms with Crippen molar-refractivity contribution >= 4 is 39.4 Å². The first-order chi connectivity index (χ1) is 11.5. The van der Waals surface area contributed by atoms with Crippen molar-refractivity contribution in [3.8, 4) is 0 Å². The zero-order valence-corrected chi connectivity index (χ0v) is 14.4. The van der Waals surface area contributed by atoms with E-state index in [2.05, 4.69) is 31.3 Å². The summed E-state index contributed by atoms with van der Waals surface area (Å²) >= 11 is 3.28. The number of carbonyl (C=O) groups excluding carboxylic acids is 3. The van der Waals surface area contributed by atoms with Crippen molar-refractivity contribution in [2.75, 3.05) is 19.0 Å². The quantitative estimate of drug-likeness (QED) is 0.768. The van der Waals surface area contributed by atoms with E-state index >= 15 is 0 Å². The molecular formula is C17H15BrN2O4. The standard InChI is InChI=1S/C17H15BrN2O4/c1-24-17(23)11-5-4-6-12(9-11)20-15(21)10-19-16(22)13-7-2-3-8-14(13)18/h2-9H,10H2,1H3,(H,19,22)(H,20,21). The minimum atomic E-state index is -0.492. The van der Waals surface area contributed by atoms with E-state index in [1.54, 1.807) is 42.5 Å². The summed E-state index contributed by atoms with van der Waals surface area (Å²) in [5.74, 6) is -1.26. The lowest BCUT2D eigenvalue weighted by molar-refractivity contribution is -0.115. The lowest BCUT2D eigenvalue weighted by Crippen LogP contribution is -2.33. The number of amides is 2. The maximum absolute atomic E-state index is 12.0. The molecule has 7 heteroatoms. The van der Waals surface area contributed by atoms with E-state index < -0.39 is 11.9 Å². The number of nitrogens with one attached hydrogen (secondary N) is 2. The Morgan fingerprint density at radius 1 is 1.08 bits per heavy atom. The molecule has 0 bridgehead atoms. The van der Waals surface area contributed by atoms with Crippen LogP contribution in [0, 0.1) is 0 Å². The molecule has 0 aliphatic heterocycles. The van der Waals surface area contributed by atoms with Crippen LogP contribution in [0.15, 0.2) is 53.0 Å². The number of ether oxygens (including phenoxy) is 1. The molecule has 0 aliphatic rings. The fourth-order valence-electron chi connectivity index (χ4n) is 1.95. The third-order valence-corrected chi connectivity index (χ3v) is 3.79. The van der Waals surface area contributed by atoms with Crippen molar-refractivity contribution in [2.45, 2.75) is 0 Å². The number of hydrogen-bond acceptors (Lipinski definition) is 4. The highest BCUT2D eigenvalue weighted by Crippen LogP contribution is 2.15. The molecule has 0 unspecified atom stereocenters. The number of carbonyl (C=O) groups is 3. The van der Waals surface area contributed by atoms with Gasteiger partial charge < -0.3 is 15.4 Å². The Hall–Kier alpha value is -2.67. The first-order valence-electron chi connectivity index (χ1n) is 7.02. The number of anilines is 1. The SMILES string of the molecule is COC(=O)c1cccc(NC(=O)CNC(=O)c2ccccc2Br)c1. The second-order valence-electron chi connectivity index (χ2n) is 4.78. The van der Waals surface area contributed by atoms with E-state index in [9.17, 15) is 14.4 Å². The highest BCUT2D eigenvalue weighted by Gasteiger charge is 2.11. The first-order valence-corrected chi connectivity index (χ1v) is 7.81. The molecule has 0 aliphatic carbocycles. The van der Waals surface area contributed by atoms with Crippen molar-refractivity contribution in [3.63, 3.8) is 0 Å². The van der Waals surface area contributed by atoms with Crippen molar-refractivity contribution in [1.82, 2.24) is 5.32 Å². The zero-order chi connectivity index (χ0) is 17.5. The van der Waals surface area contributed by atoms with Gasteiger partial charge in [-0.15, -0.1) is 0 Å². The van der Waals surface area contributed by atoms with Gasteiger partial charge in [0.25, 0.3) is 5.91 Å². The Morgan fingerprint density at radius 2 is 1.83 bits per heavy atom. The van der Waals surface area contributed by atoms with Crippen LogP contribution in [0.3, 0.4) is 0 Å². The van der Waals surface area contributed by atoms with Gasteiger partial charge in [0.15, 0.2) is 0 Å². The van der Waals surface area contributed by atoms with E-state index in [-0.39, 0.29) is 12.5 Å². The molecule has 0 radical (unpaired) electrons. The van der Waals surface area contributed by atoms with Crippen LogP contribution in [0.1, 0.15) is 20.7 Å². The maximum atomic E-state index is 12.0. The number of methoxy groups -OCH3 is 1. The number of benzene rings is 2. The molecule has 2 aromatic rings. The molecule has 0 heterocycles. The maximum Gasteiger partial charge on any atom is 0.337 e. The molecule has 0 atom stereocenters. The van der Waals surface area contributed by atoms with Crippen LogP contribution < -0.4 is 10.6 Å². The molecule has 0 fully saturated rings. The number of hydrogen-bond donors (Lipinski definition) is 2. The zero-order valence-electron chi connectivity index (χ0n) is 12.8. The van der Waals surface area contributed by atoms with E-state index in [1.165, 1.54) is 13.2 Å². The van der Waals surface area contributed by atoms with Crippen LogP contribution in [0.5, 0.6) is 0 Å². The Morgan fingerprint density at radius 3 is 2.54 bits per heavy atom. The lowest BCUT2D eigenvalue weighted by atomic mass is 10.2. The Labute approximate surface area is 147 Å². The van der Waals surface area contributed by atoms with Crippen molar-refractivity contribution in [3.05, 3.63) is 64.1 Å². The average molecular weight is 391 g/mol. The number of esters is 1. The summed E-state index contributed by atoms with van der Waals surface area (Å²) in [6, 6.07) is 13.3. The second-order valence-corrected chi connectivity index (χ2v) is 5.64. The molecule has 24 heavy (non-hydrogen) atoms. The van der Waals surface area contributed by atoms with Crippen LogP contribution in [-0.4, -0.2) is 31.4 Å². The van der Waals surface area contributed by atoms with Gasteiger partial charge in [-0.05, 0) is 46.3 Å². The normalized spacial score (nSPS) is 9.92. The minimum Gasteiger partial charge on any atom is -0.465 e. The Balaban J connectivity index is 1.93. The summed E-state index contributed by atoms with van der Waals surface area (Å²) in [5, 5.41) is 5.15. The highest BCUT2D eigenvalue weighted by molar-refractivity contribution is 9.10. The second kappa shape index (κ2) is 8.26. The van der Waals surface area contributed by atoms with E-state index in [0.717, 1.165) is 0 Å². The summed E-state index contributed by atoms with van der Waals surface area (Å²) in [4.78, 5) is 35.4. The molecule has 2 N–H and O–H groups in total. The summed E-state index contributed by atoms with van der Waals surface area (Å²) in [6.07, 6.45) is 0. The van der Waals surface area contributed by atoms with Gasteiger partial charge in [0.1, 0.15) is 0 Å². The van der Waals surface area contributed by atoms with E-state index in [4.69, 9.17) is 0 Å². The van der Waals surface area contributed by atoms with Gasteiger partial charge in [0.05, 0.1) is 24.8 Å². The molecule has 6 nitrogen and oxygen atoms in total. The lowest BCUT2D eigenvalue weighted by Gasteiger charge is -2.09. The Kier molecular flexibility index (Phi) is 6.08. The van der Waals surface area contributed by atoms with E-state index in [0.29, 0.717) is 21.3 Å². The Bertz CT molecular complexity index is 777. The fraction of sp³-hybridized carbons (Fsp3) is 0.118. The van der Waals surface area contributed by atoms with Gasteiger partial charge >= 0.3 is 5.97 Å². The monoisotopic (exact) mass is 390 g/mol. The molecule has 0 aromatic heterocycles. The fourth-order valence-corrected chi connectivity index (χ4v) is 2.41.